The summed E-state index contributed by atoms with van der Waals surface area (Å²) >= 11 is 0. The number of carbonyl (C=O) groups excluding carboxylic acids is 2. The summed E-state index contributed by atoms with van der Waals surface area (Å²) in [6.45, 7) is 3.58. The van der Waals surface area contributed by atoms with Crippen LogP contribution in [-0.4, -0.2) is 63.2 Å². The molecule has 1 aliphatic heterocycles. The van der Waals surface area contributed by atoms with Gasteiger partial charge in [0.05, 0.1) is 25.1 Å². The number of nitrogens with zero attached hydrogens (tertiary/aromatic N) is 5. The quantitative estimate of drug-likeness (QED) is 0.711. The Morgan fingerprint density at radius 2 is 2.00 bits per heavy atom. The van der Waals surface area contributed by atoms with Crippen LogP contribution >= 0.6 is 0 Å². The molecule has 1 N–H and O–H groups in total. The van der Waals surface area contributed by atoms with E-state index in [1.165, 1.54) is 0 Å². The van der Waals surface area contributed by atoms with Gasteiger partial charge in [-0.05, 0) is 55.2 Å². The van der Waals surface area contributed by atoms with Crippen LogP contribution in [-0.2, 0) is 14.3 Å². The van der Waals surface area contributed by atoms with Gasteiger partial charge < -0.3 is 15.0 Å². The van der Waals surface area contributed by atoms with Crippen LogP contribution in [0.3, 0.4) is 0 Å². The van der Waals surface area contributed by atoms with E-state index in [0.29, 0.717) is 38.6 Å². The van der Waals surface area contributed by atoms with E-state index >= 15 is 0 Å². The zero-order chi connectivity index (χ0) is 20.2. The van der Waals surface area contributed by atoms with Gasteiger partial charge in [-0.3, -0.25) is 9.59 Å². The van der Waals surface area contributed by atoms with Crippen LogP contribution in [0.1, 0.15) is 38.6 Å². The number of esters is 1. The van der Waals surface area contributed by atoms with Crippen LogP contribution in [0.4, 0.5) is 5.69 Å². The molecule has 29 heavy (non-hydrogen) atoms. The molecule has 0 unspecified atom stereocenters. The summed E-state index contributed by atoms with van der Waals surface area (Å²) in [4.78, 5) is 26.2. The summed E-state index contributed by atoms with van der Waals surface area (Å²) in [5, 5.41) is 15.2. The highest BCUT2D eigenvalue weighted by molar-refractivity contribution is 5.81. The van der Waals surface area contributed by atoms with Gasteiger partial charge in [-0.25, -0.2) is 4.68 Å². The molecule has 4 rings (SSSR count). The minimum atomic E-state index is -0.150. The average molecular weight is 398 g/mol. The van der Waals surface area contributed by atoms with Crippen LogP contribution in [0, 0.1) is 5.92 Å². The Kier molecular flexibility index (Phi) is 5.73. The first-order valence-corrected chi connectivity index (χ1v) is 10.2. The molecule has 9 nitrogen and oxygen atoms in total. The molecular formula is C20H26N6O3. The van der Waals surface area contributed by atoms with Crippen molar-refractivity contribution in [3.63, 3.8) is 0 Å². The first-order valence-electron chi connectivity index (χ1n) is 10.2. The van der Waals surface area contributed by atoms with Crippen LogP contribution < -0.4 is 5.32 Å². The first-order chi connectivity index (χ1) is 14.2. The van der Waals surface area contributed by atoms with Crippen molar-refractivity contribution in [1.29, 1.82) is 0 Å². The van der Waals surface area contributed by atoms with Crippen molar-refractivity contribution in [2.75, 3.05) is 31.6 Å². The molecule has 1 aromatic heterocycles. The molecule has 0 bridgehead atoms. The zero-order valence-corrected chi connectivity index (χ0v) is 16.6. The highest BCUT2D eigenvalue weighted by Crippen LogP contribution is 2.36. The molecule has 0 radical (unpaired) electrons. The van der Waals surface area contributed by atoms with Gasteiger partial charge in [-0.2, -0.15) is 0 Å². The van der Waals surface area contributed by atoms with Crippen molar-refractivity contribution < 1.29 is 14.3 Å². The summed E-state index contributed by atoms with van der Waals surface area (Å²) in [7, 11) is 0. The first kappa shape index (κ1) is 19.4. The number of hydrogen-bond acceptors (Lipinski definition) is 7. The van der Waals surface area contributed by atoms with E-state index in [-0.39, 0.29) is 24.3 Å². The number of benzene rings is 1. The molecule has 2 fully saturated rings. The summed E-state index contributed by atoms with van der Waals surface area (Å²) < 4.78 is 6.95. The summed E-state index contributed by atoms with van der Waals surface area (Å²) in [5.74, 6) is 0.535. The van der Waals surface area contributed by atoms with Crippen molar-refractivity contribution in [1.82, 2.24) is 25.1 Å². The molecule has 1 amide bonds. The third kappa shape index (κ3) is 4.55. The molecule has 0 atom stereocenters. The van der Waals surface area contributed by atoms with E-state index < -0.39 is 0 Å². The number of nitrogens with one attached hydrogen (secondary N) is 1. The molecule has 9 heteroatoms. The maximum absolute atomic E-state index is 12.5. The predicted octanol–water partition coefficient (Wildman–Crippen LogP) is 1.89. The molecule has 0 spiro atoms. The Labute approximate surface area is 169 Å². The Bertz CT molecular complexity index is 871. The molecule has 1 aliphatic carbocycles. The molecule has 1 saturated heterocycles. The Morgan fingerprint density at radius 3 is 2.72 bits per heavy atom. The van der Waals surface area contributed by atoms with Gasteiger partial charge in [-0.1, -0.05) is 12.1 Å². The summed E-state index contributed by atoms with van der Waals surface area (Å²) in [6, 6.07) is 8.19. The largest absolute Gasteiger partial charge is 0.466 e. The third-order valence-corrected chi connectivity index (χ3v) is 5.42. The smallest absolute Gasteiger partial charge is 0.309 e. The molecule has 2 aromatic rings. The van der Waals surface area contributed by atoms with Gasteiger partial charge >= 0.3 is 5.97 Å². The number of likely N-dealkylation sites (tertiary alicyclic amines) is 1. The van der Waals surface area contributed by atoms with Crippen LogP contribution in [0.15, 0.2) is 24.3 Å². The monoisotopic (exact) mass is 398 g/mol. The maximum Gasteiger partial charge on any atom is 0.309 e. The number of carbonyl (C=O) groups is 2. The lowest BCUT2D eigenvalue weighted by molar-refractivity contribution is -0.151. The molecule has 1 aromatic carbocycles. The van der Waals surface area contributed by atoms with Gasteiger partial charge in [0, 0.05) is 24.3 Å². The van der Waals surface area contributed by atoms with Crippen LogP contribution in [0.5, 0.6) is 0 Å². The second-order valence-electron chi connectivity index (χ2n) is 7.52. The fourth-order valence-electron chi connectivity index (χ4n) is 3.63. The lowest BCUT2D eigenvalue weighted by Crippen LogP contribution is -2.43. The molecule has 154 valence electrons. The molecule has 2 heterocycles. The second-order valence-corrected chi connectivity index (χ2v) is 7.52. The normalized spacial score (nSPS) is 17.2. The van der Waals surface area contributed by atoms with E-state index in [4.69, 9.17) is 4.74 Å². The highest BCUT2D eigenvalue weighted by Gasteiger charge is 2.29. The molecule has 1 saturated carbocycles. The number of piperidine rings is 1. The van der Waals surface area contributed by atoms with Gasteiger partial charge in [0.1, 0.15) is 0 Å². The van der Waals surface area contributed by atoms with Gasteiger partial charge in [-0.15, -0.1) is 5.10 Å². The Balaban J connectivity index is 1.31. The van der Waals surface area contributed by atoms with Crippen LogP contribution in [0.25, 0.3) is 11.4 Å². The van der Waals surface area contributed by atoms with E-state index in [1.807, 2.05) is 35.9 Å². The standard InChI is InChI=1S/C20H26N6O3/c1-2-29-20(28)14-8-10-25(11-9-14)18(27)13-21-16-5-3-4-15(12-16)19-22-23-24-26(19)17-6-7-17/h3-5,12,14,17,21H,2,6-11,13H2,1H3. The fourth-order valence-corrected chi connectivity index (χ4v) is 3.63. The van der Waals surface area contributed by atoms with Gasteiger partial charge in [0.15, 0.2) is 5.82 Å². The maximum atomic E-state index is 12.5. The van der Waals surface area contributed by atoms with Crippen LogP contribution in [0.2, 0.25) is 0 Å². The highest BCUT2D eigenvalue weighted by atomic mass is 16.5. The number of rotatable bonds is 7. The third-order valence-electron chi connectivity index (χ3n) is 5.42. The Hall–Kier alpha value is -2.97. The van der Waals surface area contributed by atoms with Crippen molar-refractivity contribution >= 4 is 17.6 Å². The number of anilines is 1. The predicted molar refractivity (Wildman–Crippen MR) is 106 cm³/mol. The van der Waals surface area contributed by atoms with E-state index in [9.17, 15) is 9.59 Å². The number of aromatic nitrogens is 4. The van der Waals surface area contributed by atoms with E-state index in [2.05, 4.69) is 20.8 Å². The number of tetrazole rings is 1. The lowest BCUT2D eigenvalue weighted by atomic mass is 9.97. The number of ether oxygens (including phenoxy) is 1. The SMILES string of the molecule is CCOC(=O)C1CCN(C(=O)CNc2cccc(-c3nnnn3C3CC3)c2)CC1. The summed E-state index contributed by atoms with van der Waals surface area (Å²) in [6.07, 6.45) is 3.53. The topological polar surface area (TPSA) is 102 Å². The van der Waals surface area contributed by atoms with E-state index in [0.717, 1.165) is 29.9 Å². The van der Waals surface area contributed by atoms with Gasteiger partial charge in [0.2, 0.25) is 5.91 Å². The summed E-state index contributed by atoms with van der Waals surface area (Å²) in [5.41, 5.74) is 1.78. The van der Waals surface area contributed by atoms with Crippen molar-refractivity contribution in [3.8, 4) is 11.4 Å². The average Bonchev–Trinajstić information content (AvgIpc) is 3.48. The number of amides is 1. The van der Waals surface area contributed by atoms with Crippen molar-refractivity contribution in [3.05, 3.63) is 24.3 Å². The fraction of sp³-hybridized carbons (Fsp3) is 0.550. The van der Waals surface area contributed by atoms with E-state index in [1.54, 1.807) is 4.90 Å². The number of hydrogen-bond donors (Lipinski definition) is 1. The molecular weight excluding hydrogens is 372 g/mol. The Morgan fingerprint density at radius 1 is 1.21 bits per heavy atom. The zero-order valence-electron chi connectivity index (χ0n) is 16.6. The van der Waals surface area contributed by atoms with Crippen molar-refractivity contribution in [2.45, 2.75) is 38.6 Å². The minimum Gasteiger partial charge on any atom is -0.466 e. The minimum absolute atomic E-state index is 0.0283. The van der Waals surface area contributed by atoms with Gasteiger partial charge in [0.25, 0.3) is 0 Å². The molecule has 2 aliphatic rings. The second kappa shape index (κ2) is 8.59. The lowest BCUT2D eigenvalue weighted by Gasteiger charge is -2.31. The van der Waals surface area contributed by atoms with Crippen molar-refractivity contribution in [2.24, 2.45) is 5.92 Å².